The molecule has 0 amide bonds. The quantitative estimate of drug-likeness (QED) is 0.720. The lowest BCUT2D eigenvalue weighted by Crippen LogP contribution is -2.60. The van der Waals surface area contributed by atoms with Crippen molar-refractivity contribution < 1.29 is 4.74 Å². The van der Waals surface area contributed by atoms with Crippen molar-refractivity contribution in [2.45, 2.75) is 78.0 Å². The Labute approximate surface area is 120 Å². The second-order valence-corrected chi connectivity index (χ2v) is 7.29. The Morgan fingerprint density at radius 2 is 1.68 bits per heavy atom. The number of rotatable bonds is 7. The van der Waals surface area contributed by atoms with Crippen LogP contribution in [-0.4, -0.2) is 48.3 Å². The fraction of sp³-hybridized carbons (Fsp3) is 1.00. The first-order valence-electron chi connectivity index (χ1n) is 7.91. The van der Waals surface area contributed by atoms with E-state index >= 15 is 0 Å². The minimum absolute atomic E-state index is 0.0434. The SMILES string of the molecule is CCCCCNCC(C)N1CC(C)(C)OC(C)(C)C1. The Morgan fingerprint density at radius 3 is 2.21 bits per heavy atom. The van der Waals surface area contributed by atoms with Crippen molar-refractivity contribution in [2.24, 2.45) is 0 Å². The topological polar surface area (TPSA) is 24.5 Å². The summed E-state index contributed by atoms with van der Waals surface area (Å²) in [5.74, 6) is 0. The molecule has 1 unspecified atom stereocenters. The van der Waals surface area contributed by atoms with Crippen molar-refractivity contribution in [3.63, 3.8) is 0 Å². The van der Waals surface area contributed by atoms with E-state index in [1.54, 1.807) is 0 Å². The van der Waals surface area contributed by atoms with E-state index in [2.05, 4.69) is 51.8 Å². The second kappa shape index (κ2) is 7.05. The van der Waals surface area contributed by atoms with Gasteiger partial charge in [-0.05, 0) is 47.6 Å². The van der Waals surface area contributed by atoms with Crippen LogP contribution in [0.15, 0.2) is 0 Å². The number of nitrogens with zero attached hydrogens (tertiary/aromatic N) is 1. The van der Waals surface area contributed by atoms with Crippen LogP contribution in [0.1, 0.15) is 60.8 Å². The van der Waals surface area contributed by atoms with Crippen molar-refractivity contribution in [2.75, 3.05) is 26.2 Å². The summed E-state index contributed by atoms with van der Waals surface area (Å²) in [4.78, 5) is 2.57. The highest BCUT2D eigenvalue weighted by atomic mass is 16.5. The Balaban J connectivity index is 2.36. The van der Waals surface area contributed by atoms with E-state index < -0.39 is 0 Å². The lowest BCUT2D eigenvalue weighted by Gasteiger charge is -2.49. The monoisotopic (exact) mass is 270 g/mol. The van der Waals surface area contributed by atoms with Gasteiger partial charge in [-0.15, -0.1) is 0 Å². The van der Waals surface area contributed by atoms with Gasteiger partial charge in [0, 0.05) is 25.7 Å². The van der Waals surface area contributed by atoms with Gasteiger partial charge >= 0.3 is 0 Å². The number of hydrogen-bond acceptors (Lipinski definition) is 3. The van der Waals surface area contributed by atoms with Crippen LogP contribution in [0.5, 0.6) is 0 Å². The van der Waals surface area contributed by atoms with E-state index in [1.165, 1.54) is 19.3 Å². The minimum atomic E-state index is -0.0434. The van der Waals surface area contributed by atoms with Gasteiger partial charge in [0.1, 0.15) is 0 Å². The molecule has 0 aromatic heterocycles. The van der Waals surface area contributed by atoms with Crippen LogP contribution in [0.4, 0.5) is 0 Å². The van der Waals surface area contributed by atoms with Gasteiger partial charge in [-0.1, -0.05) is 19.8 Å². The lowest BCUT2D eigenvalue weighted by molar-refractivity contribution is -0.186. The van der Waals surface area contributed by atoms with E-state index in [9.17, 15) is 0 Å². The Bertz CT molecular complexity index is 247. The molecule has 114 valence electrons. The zero-order chi connectivity index (χ0) is 14.5. The molecular weight excluding hydrogens is 236 g/mol. The summed E-state index contributed by atoms with van der Waals surface area (Å²) in [6.07, 6.45) is 3.92. The average molecular weight is 270 g/mol. The first-order chi connectivity index (χ1) is 8.76. The normalized spacial score (nSPS) is 24.3. The smallest absolute Gasteiger partial charge is 0.0760 e. The molecule has 0 aliphatic carbocycles. The number of nitrogens with one attached hydrogen (secondary N) is 1. The van der Waals surface area contributed by atoms with Gasteiger partial charge in [-0.3, -0.25) is 4.90 Å². The molecule has 0 radical (unpaired) electrons. The van der Waals surface area contributed by atoms with Gasteiger partial charge in [-0.25, -0.2) is 0 Å². The molecule has 1 N–H and O–H groups in total. The number of unbranched alkanes of at least 4 members (excludes halogenated alkanes) is 2. The predicted octanol–water partition coefficient (Wildman–Crippen LogP) is 3.04. The first kappa shape index (κ1) is 16.9. The summed E-state index contributed by atoms with van der Waals surface area (Å²) in [6, 6.07) is 0.573. The molecule has 19 heavy (non-hydrogen) atoms. The molecule has 1 aliphatic rings. The summed E-state index contributed by atoms with van der Waals surface area (Å²) in [7, 11) is 0. The average Bonchev–Trinajstić information content (AvgIpc) is 2.24. The molecular formula is C16H34N2O. The fourth-order valence-electron chi connectivity index (χ4n) is 3.10. The number of ether oxygens (including phenoxy) is 1. The lowest BCUT2D eigenvalue weighted by atomic mass is 9.97. The van der Waals surface area contributed by atoms with E-state index in [1.807, 2.05) is 0 Å². The van der Waals surface area contributed by atoms with Crippen molar-refractivity contribution in [1.29, 1.82) is 0 Å². The van der Waals surface area contributed by atoms with Crippen molar-refractivity contribution in [1.82, 2.24) is 10.2 Å². The summed E-state index contributed by atoms with van der Waals surface area (Å²) >= 11 is 0. The molecule has 1 fully saturated rings. The molecule has 0 spiro atoms. The third kappa shape index (κ3) is 6.24. The van der Waals surface area contributed by atoms with Crippen LogP contribution in [0.25, 0.3) is 0 Å². The molecule has 0 aromatic rings. The van der Waals surface area contributed by atoms with Crippen LogP contribution in [-0.2, 0) is 4.74 Å². The second-order valence-electron chi connectivity index (χ2n) is 7.29. The van der Waals surface area contributed by atoms with Gasteiger partial charge in [0.15, 0.2) is 0 Å². The number of hydrogen-bond donors (Lipinski definition) is 1. The maximum Gasteiger partial charge on any atom is 0.0760 e. The van der Waals surface area contributed by atoms with Gasteiger partial charge < -0.3 is 10.1 Å². The summed E-state index contributed by atoms with van der Waals surface area (Å²) in [6.45, 7) is 17.6. The van der Waals surface area contributed by atoms with E-state index in [-0.39, 0.29) is 11.2 Å². The molecule has 3 nitrogen and oxygen atoms in total. The van der Waals surface area contributed by atoms with Crippen LogP contribution < -0.4 is 5.32 Å². The first-order valence-corrected chi connectivity index (χ1v) is 7.91. The molecule has 0 bridgehead atoms. The zero-order valence-electron chi connectivity index (χ0n) is 13.9. The van der Waals surface area contributed by atoms with E-state index in [0.29, 0.717) is 6.04 Å². The van der Waals surface area contributed by atoms with Crippen molar-refractivity contribution in [3.8, 4) is 0 Å². The largest absolute Gasteiger partial charge is 0.367 e. The van der Waals surface area contributed by atoms with E-state index in [0.717, 1.165) is 26.2 Å². The summed E-state index contributed by atoms with van der Waals surface area (Å²) in [5.41, 5.74) is -0.0869. The van der Waals surface area contributed by atoms with Crippen molar-refractivity contribution >= 4 is 0 Å². The van der Waals surface area contributed by atoms with Crippen molar-refractivity contribution in [3.05, 3.63) is 0 Å². The highest BCUT2D eigenvalue weighted by Gasteiger charge is 2.39. The predicted molar refractivity (Wildman–Crippen MR) is 82.7 cm³/mol. The highest BCUT2D eigenvalue weighted by Crippen LogP contribution is 2.28. The zero-order valence-corrected chi connectivity index (χ0v) is 13.9. The maximum atomic E-state index is 6.14. The molecule has 0 saturated carbocycles. The van der Waals surface area contributed by atoms with Gasteiger partial charge in [0.05, 0.1) is 11.2 Å². The third-order valence-electron chi connectivity index (χ3n) is 3.74. The Hall–Kier alpha value is -0.120. The molecule has 1 atom stereocenters. The van der Waals surface area contributed by atoms with E-state index in [4.69, 9.17) is 4.74 Å². The number of morpholine rings is 1. The van der Waals surface area contributed by atoms with Gasteiger partial charge in [0.25, 0.3) is 0 Å². The maximum absolute atomic E-state index is 6.14. The highest BCUT2D eigenvalue weighted by molar-refractivity contribution is 4.91. The van der Waals surface area contributed by atoms with Crippen LogP contribution >= 0.6 is 0 Å². The van der Waals surface area contributed by atoms with Crippen LogP contribution in [0.2, 0.25) is 0 Å². The van der Waals surface area contributed by atoms with Crippen LogP contribution in [0, 0.1) is 0 Å². The Kier molecular flexibility index (Phi) is 6.28. The summed E-state index contributed by atoms with van der Waals surface area (Å²) in [5, 5.41) is 3.59. The molecule has 1 aliphatic heterocycles. The third-order valence-corrected chi connectivity index (χ3v) is 3.74. The van der Waals surface area contributed by atoms with Gasteiger partial charge in [-0.2, -0.15) is 0 Å². The van der Waals surface area contributed by atoms with Crippen LogP contribution in [0.3, 0.4) is 0 Å². The molecule has 0 aromatic carbocycles. The molecule has 1 rings (SSSR count). The molecule has 1 heterocycles. The molecule has 1 saturated heterocycles. The fourth-order valence-corrected chi connectivity index (χ4v) is 3.10. The minimum Gasteiger partial charge on any atom is -0.367 e. The Morgan fingerprint density at radius 1 is 1.11 bits per heavy atom. The van der Waals surface area contributed by atoms with Gasteiger partial charge in [0.2, 0.25) is 0 Å². The molecule has 3 heteroatoms. The summed E-state index contributed by atoms with van der Waals surface area (Å²) < 4.78 is 6.14. The standard InChI is InChI=1S/C16H34N2O/c1-7-8-9-10-17-11-14(2)18-12-15(3,4)19-16(5,6)13-18/h14,17H,7-13H2,1-6H3.